The fourth-order valence-electron chi connectivity index (χ4n) is 3.09. The molecule has 0 amide bonds. The maximum absolute atomic E-state index is 12.9. The molecule has 1 aromatic carbocycles. The Morgan fingerprint density at radius 2 is 2.00 bits per heavy atom. The van der Waals surface area contributed by atoms with Gasteiger partial charge in [-0.3, -0.25) is 0 Å². The summed E-state index contributed by atoms with van der Waals surface area (Å²) in [5.41, 5.74) is 2.29. The number of hydrogen-bond acceptors (Lipinski definition) is 3. The first-order valence-corrected chi connectivity index (χ1v) is 8.88. The van der Waals surface area contributed by atoms with Crippen LogP contribution in [0.15, 0.2) is 40.8 Å². The molecule has 2 heterocycles. The quantitative estimate of drug-likeness (QED) is 0.806. The molecule has 2 aliphatic rings. The van der Waals surface area contributed by atoms with Gasteiger partial charge in [-0.05, 0) is 38.3 Å². The lowest BCUT2D eigenvalue weighted by Crippen LogP contribution is -2.37. The van der Waals surface area contributed by atoms with Gasteiger partial charge in [-0.25, -0.2) is 8.42 Å². The summed E-state index contributed by atoms with van der Waals surface area (Å²) < 4.78 is 32.7. The topological polar surface area (TPSA) is 46.6 Å². The van der Waals surface area contributed by atoms with E-state index in [1.807, 2.05) is 19.1 Å². The van der Waals surface area contributed by atoms with Gasteiger partial charge in [0.2, 0.25) is 10.0 Å². The van der Waals surface area contributed by atoms with Gasteiger partial charge in [0.25, 0.3) is 0 Å². The SMILES string of the molecule is Cc1ccc(S(=O)(=O)N2CCCC2C2=CCOCC2)cc1. The summed E-state index contributed by atoms with van der Waals surface area (Å²) in [4.78, 5) is 0.396. The fourth-order valence-corrected chi connectivity index (χ4v) is 4.78. The molecule has 0 bridgehead atoms. The van der Waals surface area contributed by atoms with Crippen molar-refractivity contribution < 1.29 is 13.2 Å². The molecule has 0 aromatic heterocycles. The third kappa shape index (κ3) is 2.91. The minimum atomic E-state index is -3.40. The summed E-state index contributed by atoms with van der Waals surface area (Å²) in [5.74, 6) is 0. The number of sulfonamides is 1. The lowest BCUT2D eigenvalue weighted by molar-refractivity contribution is 0.150. The van der Waals surface area contributed by atoms with Crippen LogP contribution in [0.3, 0.4) is 0 Å². The van der Waals surface area contributed by atoms with Crippen molar-refractivity contribution in [3.8, 4) is 0 Å². The second-order valence-electron chi connectivity index (χ2n) is 5.69. The average Bonchev–Trinajstić information content (AvgIpc) is 2.99. The van der Waals surface area contributed by atoms with Crippen molar-refractivity contribution in [2.75, 3.05) is 19.8 Å². The predicted molar refractivity (Wildman–Crippen MR) is 81.6 cm³/mol. The molecule has 0 spiro atoms. The largest absolute Gasteiger partial charge is 0.377 e. The van der Waals surface area contributed by atoms with E-state index in [2.05, 4.69) is 6.08 Å². The summed E-state index contributed by atoms with van der Waals surface area (Å²) in [6, 6.07) is 7.13. The number of benzene rings is 1. The van der Waals surface area contributed by atoms with Crippen LogP contribution in [0.25, 0.3) is 0 Å². The van der Waals surface area contributed by atoms with E-state index in [1.54, 1.807) is 16.4 Å². The molecule has 5 heteroatoms. The third-order valence-electron chi connectivity index (χ3n) is 4.26. The normalized spacial score (nSPS) is 24.0. The van der Waals surface area contributed by atoms with Crippen LogP contribution in [-0.4, -0.2) is 38.5 Å². The first-order valence-electron chi connectivity index (χ1n) is 7.44. The van der Waals surface area contributed by atoms with Gasteiger partial charge in [0.1, 0.15) is 0 Å². The second-order valence-corrected chi connectivity index (χ2v) is 7.58. The lowest BCUT2D eigenvalue weighted by atomic mass is 10.0. The highest BCUT2D eigenvalue weighted by Crippen LogP contribution is 2.32. The van der Waals surface area contributed by atoms with E-state index in [4.69, 9.17) is 4.74 Å². The maximum atomic E-state index is 12.9. The Hall–Kier alpha value is -1.17. The number of aryl methyl sites for hydroxylation is 1. The first-order chi connectivity index (χ1) is 10.1. The zero-order valence-electron chi connectivity index (χ0n) is 12.3. The number of hydrogen-bond donors (Lipinski definition) is 0. The summed E-state index contributed by atoms with van der Waals surface area (Å²) in [7, 11) is -3.40. The van der Waals surface area contributed by atoms with Crippen LogP contribution in [0.1, 0.15) is 24.8 Å². The number of nitrogens with zero attached hydrogens (tertiary/aromatic N) is 1. The molecule has 3 rings (SSSR count). The maximum Gasteiger partial charge on any atom is 0.243 e. The molecular weight excluding hydrogens is 286 g/mol. The van der Waals surface area contributed by atoms with Gasteiger partial charge in [0.15, 0.2) is 0 Å². The highest BCUT2D eigenvalue weighted by molar-refractivity contribution is 7.89. The van der Waals surface area contributed by atoms with Crippen LogP contribution >= 0.6 is 0 Å². The molecule has 1 saturated heterocycles. The van der Waals surface area contributed by atoms with Crippen LogP contribution in [0.2, 0.25) is 0 Å². The molecule has 1 aromatic rings. The van der Waals surface area contributed by atoms with Gasteiger partial charge in [0, 0.05) is 12.6 Å². The van der Waals surface area contributed by atoms with E-state index in [-0.39, 0.29) is 6.04 Å². The molecular formula is C16H21NO3S. The molecule has 1 unspecified atom stereocenters. The Bertz CT molecular complexity index is 634. The van der Waals surface area contributed by atoms with Gasteiger partial charge >= 0.3 is 0 Å². The van der Waals surface area contributed by atoms with Crippen molar-refractivity contribution in [2.45, 2.75) is 37.1 Å². The van der Waals surface area contributed by atoms with Crippen molar-refractivity contribution in [3.05, 3.63) is 41.5 Å². The van der Waals surface area contributed by atoms with Crippen LogP contribution in [-0.2, 0) is 14.8 Å². The van der Waals surface area contributed by atoms with E-state index < -0.39 is 10.0 Å². The number of rotatable bonds is 3. The molecule has 2 aliphatic heterocycles. The lowest BCUT2D eigenvalue weighted by Gasteiger charge is -2.28. The van der Waals surface area contributed by atoms with Crippen LogP contribution in [0.4, 0.5) is 0 Å². The second kappa shape index (κ2) is 5.91. The standard InChI is InChI=1S/C16H21NO3S/c1-13-4-6-15(7-5-13)21(18,19)17-10-2-3-16(17)14-8-11-20-12-9-14/h4-8,16H,2-3,9-12H2,1H3. The Morgan fingerprint density at radius 3 is 2.67 bits per heavy atom. The van der Waals surface area contributed by atoms with Crippen molar-refractivity contribution in [2.24, 2.45) is 0 Å². The van der Waals surface area contributed by atoms with Crippen molar-refractivity contribution in [1.29, 1.82) is 0 Å². The van der Waals surface area contributed by atoms with Crippen LogP contribution in [0, 0.1) is 6.92 Å². The van der Waals surface area contributed by atoms with Gasteiger partial charge < -0.3 is 4.74 Å². The zero-order valence-corrected chi connectivity index (χ0v) is 13.1. The van der Waals surface area contributed by atoms with Gasteiger partial charge in [-0.15, -0.1) is 0 Å². The Labute approximate surface area is 126 Å². The van der Waals surface area contributed by atoms with E-state index in [0.717, 1.165) is 24.8 Å². The van der Waals surface area contributed by atoms with Crippen molar-refractivity contribution in [3.63, 3.8) is 0 Å². The third-order valence-corrected chi connectivity index (χ3v) is 6.18. The molecule has 0 aliphatic carbocycles. The smallest absolute Gasteiger partial charge is 0.243 e. The fraction of sp³-hybridized carbons (Fsp3) is 0.500. The first kappa shape index (κ1) is 14.8. The minimum absolute atomic E-state index is 0.0141. The van der Waals surface area contributed by atoms with Crippen LogP contribution in [0.5, 0.6) is 0 Å². The zero-order chi connectivity index (χ0) is 14.9. The molecule has 114 valence electrons. The summed E-state index contributed by atoms with van der Waals surface area (Å²) in [6.45, 7) is 3.87. The van der Waals surface area contributed by atoms with Crippen molar-refractivity contribution in [1.82, 2.24) is 4.31 Å². The predicted octanol–water partition coefficient (Wildman–Crippen LogP) is 2.49. The van der Waals surface area contributed by atoms with Gasteiger partial charge in [-0.2, -0.15) is 4.31 Å². The van der Waals surface area contributed by atoms with Gasteiger partial charge in [0.05, 0.1) is 18.1 Å². The Morgan fingerprint density at radius 1 is 1.24 bits per heavy atom. The monoisotopic (exact) mass is 307 g/mol. The molecule has 0 saturated carbocycles. The molecule has 1 fully saturated rings. The molecule has 0 N–H and O–H groups in total. The molecule has 1 atom stereocenters. The number of ether oxygens (including phenoxy) is 1. The molecule has 21 heavy (non-hydrogen) atoms. The summed E-state index contributed by atoms with van der Waals surface area (Å²) in [6.07, 6.45) is 4.73. The summed E-state index contributed by atoms with van der Waals surface area (Å²) in [5, 5.41) is 0. The minimum Gasteiger partial charge on any atom is -0.377 e. The highest BCUT2D eigenvalue weighted by atomic mass is 32.2. The molecule has 0 radical (unpaired) electrons. The van der Waals surface area contributed by atoms with Crippen molar-refractivity contribution >= 4 is 10.0 Å². The van der Waals surface area contributed by atoms with Crippen LogP contribution < -0.4 is 0 Å². The highest BCUT2D eigenvalue weighted by Gasteiger charge is 2.37. The summed E-state index contributed by atoms with van der Waals surface area (Å²) >= 11 is 0. The Balaban J connectivity index is 1.90. The van der Waals surface area contributed by atoms with Gasteiger partial charge in [-0.1, -0.05) is 29.3 Å². The van der Waals surface area contributed by atoms with E-state index in [9.17, 15) is 8.42 Å². The van der Waals surface area contributed by atoms with E-state index >= 15 is 0 Å². The van der Waals surface area contributed by atoms with E-state index in [0.29, 0.717) is 24.7 Å². The molecule has 4 nitrogen and oxygen atoms in total. The van der Waals surface area contributed by atoms with E-state index in [1.165, 1.54) is 5.57 Å². The average molecular weight is 307 g/mol. The Kier molecular flexibility index (Phi) is 4.15.